The van der Waals surface area contributed by atoms with Crippen LogP contribution in [0.4, 0.5) is 14.4 Å². The molecule has 3 atom stereocenters. The van der Waals surface area contributed by atoms with Gasteiger partial charge < -0.3 is 14.2 Å². The van der Waals surface area contributed by atoms with Crippen LogP contribution < -0.4 is 0 Å². The first kappa shape index (κ1) is 71.5. The summed E-state index contributed by atoms with van der Waals surface area (Å²) < 4.78 is 52.3. The average Bonchev–Trinajstić information content (AvgIpc) is 1.60. The van der Waals surface area contributed by atoms with Gasteiger partial charge in [-0.2, -0.15) is 39.5 Å². The van der Waals surface area contributed by atoms with Crippen LogP contribution in [0.1, 0.15) is 188 Å². The highest BCUT2D eigenvalue weighted by Crippen LogP contribution is 2.49. The Kier molecular flexibility index (Phi) is 20.5. The van der Waals surface area contributed by atoms with Gasteiger partial charge in [0.2, 0.25) is 0 Å². The topological polar surface area (TPSA) is 268 Å². The molecule has 6 aliphatic rings. The molecule has 3 aliphatic heterocycles. The quantitative estimate of drug-likeness (QED) is 0.0931. The Labute approximate surface area is 606 Å². The fraction of sp³-hybridized carbons (Fsp3) is 0.378. The molecule has 534 valence electrons. The van der Waals surface area contributed by atoms with E-state index in [2.05, 4.69) is 72.2 Å². The summed E-state index contributed by atoms with van der Waals surface area (Å²) in [6.45, 7) is 13.8. The average molecular weight is 1420 g/mol. The molecule has 3 aromatic heterocycles. The molecule has 3 amide bonds. The van der Waals surface area contributed by atoms with Crippen LogP contribution in [0.3, 0.4) is 0 Å². The molecule has 6 heterocycles. The Balaban J connectivity index is 0.000000129. The normalized spacial score (nSPS) is 23.9. The molecule has 1 unspecified atom stereocenters. The Hall–Kier alpha value is -10.9. The molecule has 0 spiro atoms. The lowest BCUT2D eigenvalue weighted by Gasteiger charge is -2.38. The molecule has 3 aliphatic carbocycles. The first-order valence-electron chi connectivity index (χ1n) is 35.8. The van der Waals surface area contributed by atoms with Gasteiger partial charge in [0.15, 0.2) is 0 Å². The Morgan fingerprint density at radius 2 is 0.788 bits per heavy atom. The van der Waals surface area contributed by atoms with Crippen molar-refractivity contribution in [1.29, 1.82) is 15.8 Å². The number of hydrogen-bond acceptors (Lipinski definition) is 15. The number of carbonyl (C=O) groups is 3. The summed E-state index contributed by atoms with van der Waals surface area (Å²) in [6.07, 6.45) is 14.2. The van der Waals surface area contributed by atoms with Crippen LogP contribution in [0.15, 0.2) is 193 Å². The second kappa shape index (κ2) is 29.8. The second-order valence-corrected chi connectivity index (χ2v) is 31.1. The van der Waals surface area contributed by atoms with Crippen LogP contribution in [0.25, 0.3) is 32.7 Å². The van der Waals surface area contributed by atoms with Gasteiger partial charge in [-0.3, -0.25) is 33.3 Å². The van der Waals surface area contributed by atoms with Crippen LogP contribution in [0, 0.1) is 40.9 Å². The van der Waals surface area contributed by atoms with Crippen LogP contribution in [-0.2, 0) is 28.5 Å². The van der Waals surface area contributed by atoms with E-state index in [0.717, 1.165) is 106 Å². The number of nitrogens with one attached hydrogen (secondary N) is 1. The summed E-state index contributed by atoms with van der Waals surface area (Å²) in [4.78, 5) is 44.5. The number of nitrogens with zero attached hydrogens (tertiary/aromatic N) is 11. The van der Waals surface area contributed by atoms with Crippen molar-refractivity contribution in [1.82, 2.24) is 44.5 Å². The zero-order chi connectivity index (χ0) is 73.1. The highest BCUT2D eigenvalue weighted by molar-refractivity contribution is 7.86. The summed E-state index contributed by atoms with van der Waals surface area (Å²) >= 11 is 0. The number of ether oxygens (including phenoxy) is 3. The molecule has 0 radical (unpaired) electrons. The molecule has 104 heavy (non-hydrogen) atoms. The van der Waals surface area contributed by atoms with Crippen LogP contribution in [0.5, 0.6) is 0 Å². The number of aromatic amines is 1. The molecule has 1 N–H and O–H groups in total. The van der Waals surface area contributed by atoms with E-state index < -0.39 is 26.9 Å². The predicted octanol–water partition coefficient (Wildman–Crippen LogP) is 17.1. The van der Waals surface area contributed by atoms with Crippen LogP contribution in [-0.4, -0.2) is 112 Å². The molecule has 3 saturated heterocycles. The van der Waals surface area contributed by atoms with Crippen LogP contribution in [0.2, 0.25) is 0 Å². The maximum absolute atomic E-state index is 12.9. The number of aryl methyl sites for hydroxylation is 1. The number of amides is 3. The highest BCUT2D eigenvalue weighted by Gasteiger charge is 2.54. The summed E-state index contributed by atoms with van der Waals surface area (Å²) in [5.74, 6) is 0. The fourth-order valence-corrected chi connectivity index (χ4v) is 17.5. The summed E-state index contributed by atoms with van der Waals surface area (Å²) in [6, 6.07) is 60.8. The SMILES string of the molecule is CC1(C)OC(=O)N(C2CCC(n3ncc4cc(C#N)ccc43)CC2)[C@@H]1c1ccccc1.CC1(C)OC(=O)N(C2CCC(n3ncc4cc(C#N)ccc43)CC2)[C@H]1c1ccccc1.Cc1ccc(S(=O)(=O)OC2CCC(N3C(=O)OC(C)(C)C3c3ccccc3)CC2)cc1.N#Cc1ccc2[nH]ncc2c1. The zero-order valence-electron chi connectivity index (χ0n) is 59.6. The molecule has 6 fully saturated rings. The van der Waals surface area contributed by atoms with Gasteiger partial charge in [-0.1, -0.05) is 109 Å². The largest absolute Gasteiger partial charge is 0.441 e. The van der Waals surface area contributed by atoms with Crippen LogP contribution >= 0.6 is 0 Å². The Bertz CT molecular complexity index is 4790. The van der Waals surface area contributed by atoms with E-state index in [1.54, 1.807) is 42.6 Å². The first-order chi connectivity index (χ1) is 50.0. The van der Waals surface area contributed by atoms with Crippen molar-refractivity contribution < 1.29 is 41.2 Å². The lowest BCUT2D eigenvalue weighted by atomic mass is 9.86. The summed E-state index contributed by atoms with van der Waals surface area (Å²) in [5, 5.41) is 45.7. The highest BCUT2D eigenvalue weighted by atomic mass is 32.2. The molecule has 22 heteroatoms. The van der Waals surface area contributed by atoms with Crippen molar-refractivity contribution in [2.24, 2.45) is 0 Å². The van der Waals surface area contributed by atoms with E-state index in [0.29, 0.717) is 54.5 Å². The molecule has 16 rings (SSSR count). The predicted molar refractivity (Wildman–Crippen MR) is 393 cm³/mol. The van der Waals surface area contributed by atoms with Gasteiger partial charge >= 0.3 is 18.3 Å². The molecule has 10 aromatic rings. The van der Waals surface area contributed by atoms with Gasteiger partial charge in [-0.15, -0.1) is 0 Å². The van der Waals surface area contributed by atoms with Crippen molar-refractivity contribution in [3.8, 4) is 18.2 Å². The minimum Gasteiger partial charge on any atom is -0.441 e. The van der Waals surface area contributed by atoms with E-state index in [1.165, 1.54) is 0 Å². The molecule has 21 nitrogen and oxygen atoms in total. The minimum absolute atomic E-state index is 0.0126. The first-order valence-corrected chi connectivity index (χ1v) is 37.2. The number of H-pyrrole nitrogens is 1. The number of benzene rings is 7. The van der Waals surface area contributed by atoms with Gasteiger partial charge in [0.05, 0.1) is 111 Å². The third-order valence-corrected chi connectivity index (χ3v) is 22.7. The van der Waals surface area contributed by atoms with Gasteiger partial charge in [0.1, 0.15) is 16.8 Å². The molecular weight excluding hydrogens is 1330 g/mol. The number of aromatic nitrogens is 6. The number of cyclic esters (lactones) is 3. The standard InChI is InChI=1S/2C25H26N4O2.C24H29NO5S.C8H5N3/c2*1-25(2)23(18-6-4-3-5-7-18)28(24(30)31-25)20-9-11-21(12-10-20)29-22-13-8-17(15-26)14-19(22)16-27-29;1-17-9-15-21(16-10-17)31(27,28)30-20-13-11-19(12-14-20)25-22(18-7-5-4-6-8-18)24(2,3)29-23(25)26;9-4-6-1-2-8-7(3-6)5-10-11-8/h2*3-8,13-14,16,20-21,23H,9-12H2,1-2H3;4-10,15-16,19-20,22H,11-14H2,1-3H3;1-3,5H,(H,10,11)/t2*20?,21?,23-;;/m10../s1. The fourth-order valence-electron chi connectivity index (χ4n) is 16.4. The van der Waals surface area contributed by atoms with E-state index in [4.69, 9.17) is 34.2 Å². The molecule has 0 bridgehead atoms. The number of hydrogen-bond donors (Lipinski definition) is 1. The van der Waals surface area contributed by atoms with E-state index >= 15 is 0 Å². The third kappa shape index (κ3) is 15.0. The molecular formula is C82H86N12O9S. The Morgan fingerprint density at radius 1 is 0.442 bits per heavy atom. The van der Waals surface area contributed by atoms with Crippen molar-refractivity contribution in [3.05, 3.63) is 227 Å². The smallest absolute Gasteiger partial charge is 0.411 e. The maximum atomic E-state index is 12.9. The number of fused-ring (bicyclic) bond motifs is 3. The van der Waals surface area contributed by atoms with Crippen molar-refractivity contribution in [2.45, 2.75) is 202 Å². The number of nitriles is 3. The Morgan fingerprint density at radius 3 is 1.16 bits per heavy atom. The third-order valence-electron chi connectivity index (χ3n) is 21.3. The number of carbonyl (C=O) groups excluding carboxylic acids is 3. The number of rotatable bonds is 11. The van der Waals surface area contributed by atoms with Gasteiger partial charge in [0.25, 0.3) is 10.1 Å². The minimum atomic E-state index is -3.80. The van der Waals surface area contributed by atoms with Gasteiger partial charge in [-0.25, -0.2) is 14.4 Å². The van der Waals surface area contributed by atoms with Crippen molar-refractivity contribution in [2.75, 3.05) is 0 Å². The molecule has 3 saturated carbocycles. The maximum Gasteiger partial charge on any atom is 0.411 e. The van der Waals surface area contributed by atoms with E-state index in [1.807, 2.05) is 185 Å². The molecule has 7 aromatic carbocycles. The summed E-state index contributed by atoms with van der Waals surface area (Å²) in [5.41, 5.74) is 7.56. The van der Waals surface area contributed by atoms with E-state index in [9.17, 15) is 22.8 Å². The van der Waals surface area contributed by atoms with E-state index in [-0.39, 0.29) is 65.5 Å². The van der Waals surface area contributed by atoms with Crippen molar-refractivity contribution >= 4 is 61.1 Å². The van der Waals surface area contributed by atoms with Gasteiger partial charge in [0, 0.05) is 34.3 Å². The zero-order valence-corrected chi connectivity index (χ0v) is 60.4. The van der Waals surface area contributed by atoms with Crippen molar-refractivity contribution in [3.63, 3.8) is 0 Å². The summed E-state index contributed by atoms with van der Waals surface area (Å²) in [7, 11) is -3.80. The lowest BCUT2D eigenvalue weighted by Crippen LogP contribution is -2.43. The lowest BCUT2D eigenvalue weighted by molar-refractivity contribution is 0.0644. The second-order valence-electron chi connectivity index (χ2n) is 29.5. The monoisotopic (exact) mass is 1410 g/mol. The van der Waals surface area contributed by atoms with Gasteiger partial charge in [-0.05, 0) is 209 Å².